The summed E-state index contributed by atoms with van der Waals surface area (Å²) in [7, 11) is -3.17. The van der Waals surface area contributed by atoms with Crippen LogP contribution in [0.4, 0.5) is 0 Å². The van der Waals surface area contributed by atoms with Gasteiger partial charge < -0.3 is 4.98 Å². The third-order valence-electron chi connectivity index (χ3n) is 3.27. The Hall–Kier alpha value is -2.48. The lowest BCUT2D eigenvalue weighted by Crippen LogP contribution is -2.15. The summed E-state index contributed by atoms with van der Waals surface area (Å²) >= 11 is 0.929. The van der Waals surface area contributed by atoms with E-state index in [0.717, 1.165) is 40.2 Å². The predicted molar refractivity (Wildman–Crippen MR) is 120 cm³/mol. The van der Waals surface area contributed by atoms with Gasteiger partial charge in [0.15, 0.2) is 5.65 Å². The number of nitrogens with zero attached hydrogens (tertiary/aromatic N) is 2. The van der Waals surface area contributed by atoms with Crippen molar-refractivity contribution < 1.29 is 23.0 Å². The number of hydrogen-bond acceptors (Lipinski definition) is 8. The highest BCUT2D eigenvalue weighted by molar-refractivity contribution is 7.93. The second-order valence-electron chi connectivity index (χ2n) is 5.37. The number of primary sulfonamides is 1. The molecule has 0 bridgehead atoms. The third-order valence-corrected chi connectivity index (χ3v) is 3.47. The van der Waals surface area contributed by atoms with E-state index in [-0.39, 0.29) is 5.69 Å². The molecular weight excluding hydrogens is 432 g/mol. The number of rotatable bonds is 2. The highest BCUT2D eigenvalue weighted by Gasteiger charge is 2.09. The van der Waals surface area contributed by atoms with Gasteiger partial charge in [-0.15, -0.1) is 4.33 Å². The molecule has 0 unspecified atom stereocenters. The molecule has 4 N–H and O–H groups in total. The lowest BCUT2D eigenvalue weighted by molar-refractivity contribution is -0.432. The van der Waals surface area contributed by atoms with Crippen molar-refractivity contribution >= 4 is 49.6 Å². The minimum atomic E-state index is -3.17. The first-order valence-corrected chi connectivity index (χ1v) is 11.7. The molecule has 0 radical (unpaired) electrons. The van der Waals surface area contributed by atoms with E-state index in [9.17, 15) is 13.2 Å². The Labute approximate surface area is 177 Å². The Morgan fingerprint density at radius 2 is 1.70 bits per heavy atom. The van der Waals surface area contributed by atoms with E-state index >= 15 is 0 Å². The smallest absolute Gasteiger partial charge is 0.306 e. The summed E-state index contributed by atoms with van der Waals surface area (Å²) in [6.07, 6.45) is 2.56. The van der Waals surface area contributed by atoms with E-state index in [1.165, 1.54) is 0 Å². The average molecular weight is 457 g/mol. The van der Waals surface area contributed by atoms with E-state index in [4.69, 9.17) is 5.26 Å². The van der Waals surface area contributed by atoms with Crippen LogP contribution in [0.15, 0.2) is 53.3 Å². The van der Waals surface area contributed by atoms with E-state index in [2.05, 4.69) is 24.5 Å². The molecule has 4 aromatic rings. The van der Waals surface area contributed by atoms with Crippen molar-refractivity contribution in [3.8, 4) is 0 Å². The Morgan fingerprint density at radius 3 is 2.27 bits per heavy atom. The van der Waals surface area contributed by atoms with Gasteiger partial charge in [-0.05, 0) is 24.3 Å². The summed E-state index contributed by atoms with van der Waals surface area (Å²) in [5.74, 6) is 0. The molecule has 12 heteroatoms. The number of aromatic nitrogens is 3. The van der Waals surface area contributed by atoms with Crippen molar-refractivity contribution in [1.29, 1.82) is 0 Å². The van der Waals surface area contributed by atoms with Crippen LogP contribution >= 0.6 is 12.0 Å². The molecule has 4 rings (SSSR count). The molecular formula is C18H24N4O6S2. The summed E-state index contributed by atoms with van der Waals surface area (Å²) in [6, 6.07) is 15.3. The molecule has 0 saturated heterocycles. The van der Waals surface area contributed by atoms with Gasteiger partial charge in [0, 0.05) is 23.7 Å². The van der Waals surface area contributed by atoms with Gasteiger partial charge in [0.2, 0.25) is 10.0 Å². The average Bonchev–Trinajstić information content (AvgIpc) is 3.10. The van der Waals surface area contributed by atoms with E-state index < -0.39 is 10.0 Å². The topological polar surface area (TPSA) is 149 Å². The Kier molecular flexibility index (Phi) is 10.5. The minimum absolute atomic E-state index is 0.155. The van der Waals surface area contributed by atoms with Crippen LogP contribution in [-0.2, 0) is 19.4 Å². The summed E-state index contributed by atoms with van der Waals surface area (Å²) in [4.78, 5) is 19.6. The van der Waals surface area contributed by atoms with Crippen molar-refractivity contribution in [1.82, 2.24) is 14.4 Å². The molecule has 0 atom stereocenters. The molecule has 0 spiro atoms. The van der Waals surface area contributed by atoms with Gasteiger partial charge in [-0.25, -0.2) is 33.0 Å². The van der Waals surface area contributed by atoms with Crippen LogP contribution in [0.2, 0.25) is 0 Å². The number of hydrogen-bond donors (Lipinski definition) is 3. The maximum absolute atomic E-state index is 12.1. The van der Waals surface area contributed by atoms with Crippen molar-refractivity contribution in [2.24, 2.45) is 5.14 Å². The predicted octanol–water partition coefficient (Wildman–Crippen LogP) is 2.95. The molecule has 0 amide bonds. The Bertz CT molecular complexity index is 1230. The maximum atomic E-state index is 12.1. The van der Waals surface area contributed by atoms with Crippen LogP contribution in [0.1, 0.15) is 13.8 Å². The quantitative estimate of drug-likeness (QED) is 0.237. The standard InChI is InChI=1S/C14H9N3O.C2H6.CH5NO2S.CH4O3S/c18-14-16-10-6-2-1-5-9(10)13-15-11-7-3-4-8-12(11)17(13)14;1-2;1-5(2,3)4;1-5-4-3-2/h1-8H,(H,16,18);1-2H3;1H3,(H2,2,3,4);2H,1H3. The van der Waals surface area contributed by atoms with Crippen molar-refractivity contribution in [2.75, 3.05) is 12.5 Å². The number of nitrogens with one attached hydrogen (secondary N) is 1. The molecule has 0 saturated carbocycles. The molecule has 30 heavy (non-hydrogen) atoms. The first-order chi connectivity index (χ1) is 14.3. The van der Waals surface area contributed by atoms with Crippen LogP contribution < -0.4 is 10.8 Å². The van der Waals surface area contributed by atoms with Crippen LogP contribution in [0.3, 0.4) is 0 Å². The van der Waals surface area contributed by atoms with E-state index in [1.54, 1.807) is 10.7 Å². The fourth-order valence-electron chi connectivity index (χ4n) is 2.40. The molecule has 10 nitrogen and oxygen atoms in total. The molecule has 0 aliphatic heterocycles. The number of fused-ring (bicyclic) bond motifs is 5. The second-order valence-corrected chi connectivity index (χ2v) is 7.50. The SMILES string of the molecule is CC.CS(N)(=O)=O.CSOOO.O=c1[nH]c2ccccc2c2nc3ccccc3n12. The number of nitrogens with two attached hydrogens (primary N) is 1. The molecule has 2 heterocycles. The molecule has 2 aromatic heterocycles. The highest BCUT2D eigenvalue weighted by atomic mass is 32.2. The summed E-state index contributed by atoms with van der Waals surface area (Å²) in [6.45, 7) is 4.00. The van der Waals surface area contributed by atoms with Crippen LogP contribution in [0, 0.1) is 0 Å². The van der Waals surface area contributed by atoms with Crippen molar-refractivity contribution in [3.63, 3.8) is 0 Å². The molecule has 164 valence electrons. The largest absolute Gasteiger partial charge is 0.332 e. The Morgan fingerprint density at radius 1 is 1.13 bits per heavy atom. The van der Waals surface area contributed by atoms with Crippen molar-refractivity contribution in [2.45, 2.75) is 13.8 Å². The van der Waals surface area contributed by atoms with Gasteiger partial charge in [-0.3, -0.25) is 0 Å². The number of sulfonamides is 1. The monoisotopic (exact) mass is 456 g/mol. The van der Waals surface area contributed by atoms with Gasteiger partial charge in [0.25, 0.3) is 0 Å². The normalized spacial score (nSPS) is 10.5. The zero-order valence-electron chi connectivity index (χ0n) is 16.9. The summed E-state index contributed by atoms with van der Waals surface area (Å²) in [5.41, 5.74) is 3.03. The van der Waals surface area contributed by atoms with Gasteiger partial charge in [-0.1, -0.05) is 43.2 Å². The van der Waals surface area contributed by atoms with Crippen molar-refractivity contribution in [3.05, 3.63) is 59.0 Å². The molecule has 0 fully saturated rings. The second kappa shape index (κ2) is 12.3. The van der Waals surface area contributed by atoms with Crippen LogP contribution in [0.25, 0.3) is 27.6 Å². The third kappa shape index (κ3) is 7.40. The Balaban J connectivity index is 0.000000316. The fourth-order valence-corrected chi connectivity index (χ4v) is 2.46. The van der Waals surface area contributed by atoms with Crippen LogP contribution in [-0.4, -0.2) is 40.6 Å². The van der Waals surface area contributed by atoms with E-state index in [1.807, 2.05) is 62.4 Å². The minimum Gasteiger partial charge on any atom is -0.306 e. The molecule has 0 aliphatic rings. The maximum Gasteiger partial charge on any atom is 0.332 e. The van der Waals surface area contributed by atoms with Gasteiger partial charge in [-0.2, -0.15) is 0 Å². The van der Waals surface area contributed by atoms with Crippen LogP contribution in [0.5, 0.6) is 0 Å². The zero-order chi connectivity index (χ0) is 22.7. The molecule has 0 aliphatic carbocycles. The number of benzene rings is 2. The number of imidazole rings is 1. The lowest BCUT2D eigenvalue weighted by Gasteiger charge is -1.99. The van der Waals surface area contributed by atoms with Gasteiger partial charge >= 0.3 is 5.69 Å². The number of H-pyrrole nitrogens is 1. The molecule has 2 aromatic carbocycles. The number of aromatic amines is 1. The summed E-state index contributed by atoms with van der Waals surface area (Å²) in [5, 5.41) is 15.8. The van der Waals surface area contributed by atoms with Gasteiger partial charge in [0.05, 0.1) is 22.8 Å². The fraction of sp³-hybridized carbons (Fsp3) is 0.222. The number of para-hydroxylation sites is 3. The first kappa shape index (κ1) is 25.6. The zero-order valence-corrected chi connectivity index (χ0v) is 18.5. The lowest BCUT2D eigenvalue weighted by atomic mass is 10.2. The van der Waals surface area contributed by atoms with Gasteiger partial charge in [0.1, 0.15) is 0 Å². The first-order valence-electron chi connectivity index (χ1n) is 8.63. The van der Waals surface area contributed by atoms with E-state index in [0.29, 0.717) is 5.65 Å². The highest BCUT2D eigenvalue weighted by Crippen LogP contribution is 2.20. The summed E-state index contributed by atoms with van der Waals surface area (Å²) < 4.78 is 24.2.